The maximum Gasteiger partial charge on any atom is 0.265 e. The molecule has 1 atom stereocenters. The number of hydrogen-bond donors (Lipinski definition) is 0. The van der Waals surface area contributed by atoms with Crippen molar-refractivity contribution in [1.29, 1.82) is 0 Å². The van der Waals surface area contributed by atoms with Gasteiger partial charge in [-0.25, -0.2) is 14.1 Å². The number of fused-ring (bicyclic) bond motifs is 2. The average Bonchev–Trinajstić information content (AvgIpc) is 3.34. The smallest absolute Gasteiger partial charge is 0.265 e. The molecule has 5 rings (SSSR count). The predicted octanol–water partition coefficient (Wildman–Crippen LogP) is 1.62. The van der Waals surface area contributed by atoms with E-state index >= 15 is 0 Å². The molecule has 0 bridgehead atoms. The summed E-state index contributed by atoms with van der Waals surface area (Å²) in [4.78, 5) is 32.2. The number of morpholine rings is 1. The Morgan fingerprint density at radius 1 is 1.24 bits per heavy atom. The minimum Gasteiger partial charge on any atom is -0.378 e. The molecule has 1 amide bonds. The molecule has 2 aromatic heterocycles. The lowest BCUT2D eigenvalue weighted by Gasteiger charge is -2.28. The summed E-state index contributed by atoms with van der Waals surface area (Å²) in [5.74, 6) is 0.303. The summed E-state index contributed by atoms with van der Waals surface area (Å²) in [5.41, 5.74) is 0.851. The van der Waals surface area contributed by atoms with E-state index in [1.54, 1.807) is 21.6 Å². The molecule has 0 radical (unpaired) electrons. The molecule has 0 unspecified atom stereocenters. The van der Waals surface area contributed by atoms with E-state index in [1.807, 2.05) is 0 Å². The van der Waals surface area contributed by atoms with Gasteiger partial charge in [0.15, 0.2) is 10.8 Å². The summed E-state index contributed by atoms with van der Waals surface area (Å²) >= 11 is 1.46. The Morgan fingerprint density at radius 2 is 2.00 bits per heavy atom. The van der Waals surface area contributed by atoms with Crippen molar-refractivity contribution in [2.75, 3.05) is 32.1 Å². The van der Waals surface area contributed by atoms with Crippen LogP contribution < -0.4 is 5.56 Å². The largest absolute Gasteiger partial charge is 0.378 e. The van der Waals surface area contributed by atoms with E-state index in [9.17, 15) is 14.0 Å². The Balaban J connectivity index is 1.48. The fraction of sp³-hybridized carbons (Fsp3) is 0.368. The summed E-state index contributed by atoms with van der Waals surface area (Å²) < 4.78 is 21.7. The lowest BCUT2D eigenvalue weighted by molar-refractivity contribution is -0.135. The van der Waals surface area contributed by atoms with Gasteiger partial charge in [0.25, 0.3) is 5.56 Å². The van der Waals surface area contributed by atoms with Crippen LogP contribution in [0.25, 0.3) is 16.7 Å². The normalized spacial score (nSPS) is 18.9. The SMILES string of the molecule is O=C(C[C@@H]1CSc2nc3c(cnn3-c3ccc(F)cc3)c(=O)n21)N1CCOCC1. The highest BCUT2D eigenvalue weighted by molar-refractivity contribution is 7.99. The molecule has 0 aliphatic carbocycles. The van der Waals surface area contributed by atoms with Crippen LogP contribution >= 0.6 is 11.8 Å². The van der Waals surface area contributed by atoms with Crippen molar-refractivity contribution >= 4 is 28.7 Å². The van der Waals surface area contributed by atoms with E-state index in [1.165, 1.54) is 34.8 Å². The molecule has 4 heterocycles. The van der Waals surface area contributed by atoms with Crippen molar-refractivity contribution in [3.05, 3.63) is 46.6 Å². The summed E-state index contributed by atoms with van der Waals surface area (Å²) in [6, 6.07) is 5.62. The van der Waals surface area contributed by atoms with Crippen molar-refractivity contribution in [3.8, 4) is 5.69 Å². The average molecular weight is 415 g/mol. The van der Waals surface area contributed by atoms with Crippen molar-refractivity contribution in [1.82, 2.24) is 24.2 Å². The zero-order chi connectivity index (χ0) is 20.0. The molecule has 2 aliphatic rings. The first-order valence-electron chi connectivity index (χ1n) is 9.36. The number of carbonyl (C=O) groups excluding carboxylic acids is 1. The summed E-state index contributed by atoms with van der Waals surface area (Å²) in [7, 11) is 0. The molecule has 1 aromatic carbocycles. The van der Waals surface area contributed by atoms with Gasteiger partial charge in [0.05, 0.1) is 31.1 Å². The minimum atomic E-state index is -0.345. The number of halogens is 1. The van der Waals surface area contributed by atoms with E-state index in [0.717, 1.165) is 0 Å². The zero-order valence-electron chi connectivity index (χ0n) is 15.5. The Kier molecular flexibility index (Phi) is 4.59. The molecule has 150 valence electrons. The number of benzene rings is 1. The van der Waals surface area contributed by atoms with Gasteiger partial charge in [-0.2, -0.15) is 5.10 Å². The monoisotopic (exact) mass is 415 g/mol. The second-order valence-corrected chi connectivity index (χ2v) is 7.99. The van der Waals surface area contributed by atoms with Crippen molar-refractivity contribution < 1.29 is 13.9 Å². The third kappa shape index (κ3) is 3.22. The van der Waals surface area contributed by atoms with E-state index in [-0.39, 0.29) is 29.7 Å². The zero-order valence-corrected chi connectivity index (χ0v) is 16.3. The number of rotatable bonds is 3. The standard InChI is InChI=1S/C19H18FN5O3S/c20-12-1-3-13(4-2-12)25-17-15(10-21-25)18(27)24-14(11-29-19(24)22-17)9-16(26)23-5-7-28-8-6-23/h1-4,10,14H,5-9,11H2/t14-/m1/s1. The summed E-state index contributed by atoms with van der Waals surface area (Å²) in [6.45, 7) is 2.27. The third-order valence-electron chi connectivity index (χ3n) is 5.22. The predicted molar refractivity (Wildman–Crippen MR) is 105 cm³/mol. The molecule has 10 heteroatoms. The molecule has 0 N–H and O–H groups in total. The number of thioether (sulfide) groups is 1. The van der Waals surface area contributed by atoms with E-state index in [2.05, 4.69) is 10.1 Å². The van der Waals surface area contributed by atoms with Gasteiger partial charge in [0, 0.05) is 25.3 Å². The number of amides is 1. The van der Waals surface area contributed by atoms with Crippen LogP contribution in [0.4, 0.5) is 4.39 Å². The van der Waals surface area contributed by atoms with Gasteiger partial charge in [-0.3, -0.25) is 14.2 Å². The molecule has 2 aliphatic heterocycles. The second-order valence-electron chi connectivity index (χ2n) is 7.00. The molecule has 8 nitrogen and oxygen atoms in total. The molecule has 29 heavy (non-hydrogen) atoms. The number of nitrogens with zero attached hydrogens (tertiary/aromatic N) is 5. The van der Waals surface area contributed by atoms with Gasteiger partial charge in [0.1, 0.15) is 11.2 Å². The highest BCUT2D eigenvalue weighted by atomic mass is 32.2. The molecular formula is C19H18FN5O3S. The summed E-state index contributed by atoms with van der Waals surface area (Å²) in [6.07, 6.45) is 1.74. The van der Waals surface area contributed by atoms with Crippen LogP contribution in [-0.4, -0.2) is 62.2 Å². The molecule has 1 fully saturated rings. The maximum atomic E-state index is 13.2. The molecule has 0 spiro atoms. The summed E-state index contributed by atoms with van der Waals surface area (Å²) in [5, 5.41) is 5.23. The van der Waals surface area contributed by atoms with Gasteiger partial charge in [0.2, 0.25) is 5.91 Å². The molecular weight excluding hydrogens is 397 g/mol. The van der Waals surface area contributed by atoms with E-state index < -0.39 is 0 Å². The maximum absolute atomic E-state index is 13.2. The van der Waals surface area contributed by atoms with Crippen molar-refractivity contribution in [2.45, 2.75) is 17.6 Å². The molecule has 3 aromatic rings. The topological polar surface area (TPSA) is 82.2 Å². The first-order valence-corrected chi connectivity index (χ1v) is 10.3. The van der Waals surface area contributed by atoms with Crippen molar-refractivity contribution in [3.63, 3.8) is 0 Å². The third-order valence-corrected chi connectivity index (χ3v) is 6.31. The Labute approximate surface area is 169 Å². The lowest BCUT2D eigenvalue weighted by Crippen LogP contribution is -2.42. The van der Waals surface area contributed by atoms with Crippen LogP contribution in [0.2, 0.25) is 0 Å². The highest BCUT2D eigenvalue weighted by Crippen LogP contribution is 2.33. The Bertz CT molecular complexity index is 1140. The molecule has 1 saturated heterocycles. The first-order chi connectivity index (χ1) is 14.1. The fourth-order valence-electron chi connectivity index (χ4n) is 3.70. The van der Waals surface area contributed by atoms with Crippen LogP contribution in [0.15, 0.2) is 40.4 Å². The van der Waals surface area contributed by atoms with Crippen LogP contribution in [0.3, 0.4) is 0 Å². The van der Waals surface area contributed by atoms with Crippen LogP contribution in [0.1, 0.15) is 12.5 Å². The van der Waals surface area contributed by atoms with Gasteiger partial charge in [-0.1, -0.05) is 11.8 Å². The number of hydrogen-bond acceptors (Lipinski definition) is 6. The van der Waals surface area contributed by atoms with Gasteiger partial charge in [-0.05, 0) is 24.3 Å². The van der Waals surface area contributed by atoms with Crippen molar-refractivity contribution in [2.24, 2.45) is 0 Å². The Morgan fingerprint density at radius 3 is 2.76 bits per heavy atom. The van der Waals surface area contributed by atoms with Crippen LogP contribution in [0.5, 0.6) is 0 Å². The van der Waals surface area contributed by atoms with Gasteiger partial charge < -0.3 is 9.64 Å². The first kappa shape index (κ1) is 18.3. The van der Waals surface area contributed by atoms with E-state index in [4.69, 9.17) is 4.74 Å². The minimum absolute atomic E-state index is 0.0285. The second kappa shape index (κ2) is 7.27. The Hall–Kier alpha value is -2.72. The lowest BCUT2D eigenvalue weighted by atomic mass is 10.2. The van der Waals surface area contributed by atoms with Crippen LogP contribution in [0, 0.1) is 5.82 Å². The number of carbonyl (C=O) groups is 1. The number of aromatic nitrogens is 4. The van der Waals surface area contributed by atoms with Crippen LogP contribution in [-0.2, 0) is 9.53 Å². The quantitative estimate of drug-likeness (QED) is 0.605. The van der Waals surface area contributed by atoms with Gasteiger partial charge >= 0.3 is 0 Å². The molecule has 0 saturated carbocycles. The van der Waals surface area contributed by atoms with Gasteiger partial charge in [-0.15, -0.1) is 0 Å². The number of ether oxygens (including phenoxy) is 1. The van der Waals surface area contributed by atoms with E-state index in [0.29, 0.717) is 53.9 Å². The fourth-order valence-corrected chi connectivity index (χ4v) is 4.83. The highest BCUT2D eigenvalue weighted by Gasteiger charge is 2.31.